The van der Waals surface area contributed by atoms with Gasteiger partial charge in [-0.25, -0.2) is 10.1 Å². The summed E-state index contributed by atoms with van der Waals surface area (Å²) in [5, 5.41) is 17.3. The van der Waals surface area contributed by atoms with Crippen LogP contribution in [0.5, 0.6) is 0 Å². The number of rotatable bonds is 4. The first-order valence-corrected chi connectivity index (χ1v) is 10.1. The van der Waals surface area contributed by atoms with Crippen LogP contribution in [0.3, 0.4) is 0 Å². The van der Waals surface area contributed by atoms with Crippen molar-refractivity contribution in [3.05, 3.63) is 51.1 Å². The number of aromatic nitrogens is 3. The van der Waals surface area contributed by atoms with Crippen molar-refractivity contribution in [2.75, 3.05) is 37.6 Å². The SMILES string of the molecule is N#Cc1ccc(N2CCN(CC(=O)NC3CCc4c3n[nH]c(=O)c4C(F)(F)F)CC2)nc1. The molecule has 2 N–H and O–H groups in total. The van der Waals surface area contributed by atoms with Crippen LogP contribution in [0.2, 0.25) is 0 Å². The van der Waals surface area contributed by atoms with Gasteiger partial charge in [-0.2, -0.15) is 23.5 Å². The Morgan fingerprint density at radius 3 is 2.66 bits per heavy atom. The molecule has 1 unspecified atom stereocenters. The number of aromatic amines is 1. The van der Waals surface area contributed by atoms with E-state index in [0.29, 0.717) is 31.7 Å². The van der Waals surface area contributed by atoms with Gasteiger partial charge in [0.05, 0.1) is 23.8 Å². The van der Waals surface area contributed by atoms with E-state index in [4.69, 9.17) is 5.26 Å². The van der Waals surface area contributed by atoms with Gasteiger partial charge in [0.2, 0.25) is 5.91 Å². The predicted octanol–water partition coefficient (Wildman–Crippen LogP) is 0.981. The Labute approximate surface area is 180 Å². The van der Waals surface area contributed by atoms with Crippen molar-refractivity contribution in [2.24, 2.45) is 0 Å². The minimum absolute atomic E-state index is 0.0301. The molecule has 1 atom stereocenters. The number of nitriles is 1. The molecular weight excluding hydrogens is 427 g/mol. The number of nitrogens with one attached hydrogen (secondary N) is 2. The number of hydrogen-bond donors (Lipinski definition) is 2. The van der Waals surface area contributed by atoms with E-state index in [1.807, 2.05) is 16.1 Å². The molecule has 0 bridgehead atoms. The molecule has 9 nitrogen and oxygen atoms in total. The summed E-state index contributed by atoms with van der Waals surface area (Å²) in [6, 6.07) is 4.84. The molecule has 1 saturated heterocycles. The van der Waals surface area contributed by atoms with Crippen LogP contribution < -0.4 is 15.8 Å². The summed E-state index contributed by atoms with van der Waals surface area (Å²) in [6.45, 7) is 2.63. The number of fused-ring (bicyclic) bond motifs is 1. The number of pyridine rings is 1. The molecule has 2 aromatic rings. The number of carbonyl (C=O) groups is 1. The second-order valence-corrected chi connectivity index (χ2v) is 7.73. The predicted molar refractivity (Wildman–Crippen MR) is 107 cm³/mol. The Kier molecular flexibility index (Phi) is 5.84. The number of H-pyrrole nitrogens is 1. The number of nitrogens with zero attached hydrogens (tertiary/aromatic N) is 5. The van der Waals surface area contributed by atoms with Gasteiger partial charge in [0.25, 0.3) is 5.56 Å². The fraction of sp³-hybridized carbons (Fsp3) is 0.450. The molecule has 2 aromatic heterocycles. The van der Waals surface area contributed by atoms with E-state index >= 15 is 0 Å². The molecule has 1 aliphatic carbocycles. The minimum Gasteiger partial charge on any atom is -0.354 e. The Hall–Kier alpha value is -3.46. The lowest BCUT2D eigenvalue weighted by molar-refractivity contribution is -0.139. The molecule has 1 fully saturated rings. The van der Waals surface area contributed by atoms with Gasteiger partial charge in [0, 0.05) is 32.4 Å². The van der Waals surface area contributed by atoms with Crippen molar-refractivity contribution in [3.63, 3.8) is 0 Å². The van der Waals surface area contributed by atoms with Gasteiger partial charge < -0.3 is 10.2 Å². The largest absolute Gasteiger partial charge is 0.422 e. The normalized spacial score (nSPS) is 18.8. The van der Waals surface area contributed by atoms with E-state index < -0.39 is 23.3 Å². The van der Waals surface area contributed by atoms with Crippen LogP contribution >= 0.6 is 0 Å². The summed E-state index contributed by atoms with van der Waals surface area (Å²) in [6.07, 6.45) is -2.97. The quantitative estimate of drug-likeness (QED) is 0.717. The maximum atomic E-state index is 13.2. The number of halogens is 3. The van der Waals surface area contributed by atoms with Crippen molar-refractivity contribution in [2.45, 2.75) is 25.1 Å². The van der Waals surface area contributed by atoms with Crippen LogP contribution in [-0.4, -0.2) is 58.7 Å². The number of alkyl halides is 3. The van der Waals surface area contributed by atoms with E-state index in [0.717, 1.165) is 5.82 Å². The van der Waals surface area contributed by atoms with Gasteiger partial charge >= 0.3 is 6.18 Å². The maximum absolute atomic E-state index is 13.2. The summed E-state index contributed by atoms with van der Waals surface area (Å²) < 4.78 is 39.7. The highest BCUT2D eigenvalue weighted by Gasteiger charge is 2.41. The van der Waals surface area contributed by atoms with E-state index in [9.17, 15) is 22.8 Å². The molecule has 4 rings (SSSR count). The van der Waals surface area contributed by atoms with Crippen LogP contribution in [-0.2, 0) is 17.4 Å². The van der Waals surface area contributed by atoms with Crippen molar-refractivity contribution < 1.29 is 18.0 Å². The molecule has 32 heavy (non-hydrogen) atoms. The van der Waals surface area contributed by atoms with E-state index in [-0.39, 0.29) is 36.6 Å². The number of hydrogen-bond acceptors (Lipinski definition) is 7. The third-order valence-corrected chi connectivity index (χ3v) is 5.69. The molecule has 1 amide bonds. The van der Waals surface area contributed by atoms with Crippen LogP contribution in [0.4, 0.5) is 19.0 Å². The average molecular weight is 447 g/mol. The molecule has 2 aliphatic rings. The molecule has 0 saturated carbocycles. The van der Waals surface area contributed by atoms with Crippen molar-refractivity contribution in [3.8, 4) is 6.07 Å². The van der Waals surface area contributed by atoms with Gasteiger partial charge in [0.1, 0.15) is 17.5 Å². The van der Waals surface area contributed by atoms with Gasteiger partial charge in [-0.15, -0.1) is 0 Å². The van der Waals surface area contributed by atoms with Gasteiger partial charge in [0.15, 0.2) is 0 Å². The zero-order chi connectivity index (χ0) is 22.9. The van der Waals surface area contributed by atoms with Crippen LogP contribution in [0.1, 0.15) is 34.8 Å². The first-order chi connectivity index (χ1) is 15.3. The molecular formula is C20H20F3N7O2. The summed E-state index contributed by atoms with van der Waals surface area (Å²) in [5.74, 6) is 0.450. The first kappa shape index (κ1) is 21.8. The molecule has 1 aliphatic heterocycles. The summed E-state index contributed by atoms with van der Waals surface area (Å²) >= 11 is 0. The van der Waals surface area contributed by atoms with Gasteiger partial charge in [-0.3, -0.25) is 14.5 Å². The average Bonchev–Trinajstić information content (AvgIpc) is 3.15. The second-order valence-electron chi connectivity index (χ2n) is 7.73. The summed E-state index contributed by atoms with van der Waals surface area (Å²) in [5.41, 5.74) is -2.08. The number of piperazine rings is 1. The Morgan fingerprint density at radius 1 is 1.28 bits per heavy atom. The minimum atomic E-state index is -4.77. The van der Waals surface area contributed by atoms with E-state index in [1.54, 1.807) is 12.1 Å². The first-order valence-electron chi connectivity index (χ1n) is 10.1. The lowest BCUT2D eigenvalue weighted by Gasteiger charge is -2.35. The standard InChI is InChI=1S/C20H20F3N7O2/c21-20(22,23)17-13-2-3-14(18(13)27-28-19(17)32)26-16(31)11-29-5-7-30(8-6-29)15-4-1-12(9-24)10-25-15/h1,4,10,14H,2-3,5-8,11H2,(H,26,31)(H,28,32). The lowest BCUT2D eigenvalue weighted by atomic mass is 10.1. The highest BCUT2D eigenvalue weighted by Crippen LogP contribution is 2.37. The third-order valence-electron chi connectivity index (χ3n) is 5.69. The number of carbonyl (C=O) groups excluding carboxylic acids is 1. The molecule has 0 aromatic carbocycles. The highest BCUT2D eigenvalue weighted by atomic mass is 19.4. The van der Waals surface area contributed by atoms with Gasteiger partial charge in [-0.1, -0.05) is 0 Å². The Bertz CT molecular complexity index is 1100. The lowest BCUT2D eigenvalue weighted by Crippen LogP contribution is -2.50. The monoisotopic (exact) mass is 447 g/mol. The molecule has 3 heterocycles. The zero-order valence-corrected chi connectivity index (χ0v) is 16.9. The third kappa shape index (κ3) is 4.43. The van der Waals surface area contributed by atoms with Crippen molar-refractivity contribution in [1.82, 2.24) is 25.4 Å². The second kappa shape index (κ2) is 8.58. The highest BCUT2D eigenvalue weighted by molar-refractivity contribution is 5.78. The Balaban J connectivity index is 1.33. The molecule has 168 valence electrons. The molecule has 0 radical (unpaired) electrons. The summed E-state index contributed by atoms with van der Waals surface area (Å²) in [4.78, 5) is 32.4. The number of anilines is 1. The number of amides is 1. The molecule has 12 heteroatoms. The maximum Gasteiger partial charge on any atom is 0.422 e. The Morgan fingerprint density at radius 2 is 2.03 bits per heavy atom. The topological polar surface area (TPSA) is 118 Å². The van der Waals surface area contributed by atoms with Crippen molar-refractivity contribution >= 4 is 11.7 Å². The van der Waals surface area contributed by atoms with E-state index in [2.05, 4.69) is 20.3 Å². The molecule has 0 spiro atoms. The van der Waals surface area contributed by atoms with Crippen LogP contribution in [0, 0.1) is 11.3 Å². The fourth-order valence-electron chi connectivity index (χ4n) is 4.12. The fourth-order valence-corrected chi connectivity index (χ4v) is 4.12. The smallest absolute Gasteiger partial charge is 0.354 e. The van der Waals surface area contributed by atoms with Crippen molar-refractivity contribution in [1.29, 1.82) is 5.26 Å². The summed E-state index contributed by atoms with van der Waals surface area (Å²) in [7, 11) is 0. The zero-order valence-electron chi connectivity index (χ0n) is 16.9. The van der Waals surface area contributed by atoms with Gasteiger partial charge in [-0.05, 0) is 30.5 Å². The van der Waals surface area contributed by atoms with Crippen LogP contribution in [0.25, 0.3) is 0 Å². The van der Waals surface area contributed by atoms with Crippen LogP contribution in [0.15, 0.2) is 23.1 Å². The van der Waals surface area contributed by atoms with E-state index in [1.165, 1.54) is 6.20 Å².